The molecule has 0 fully saturated rings. The van der Waals surface area contributed by atoms with Crippen LogP contribution in [0.15, 0.2) is 48.5 Å². The molecule has 0 bridgehead atoms. The summed E-state index contributed by atoms with van der Waals surface area (Å²) in [6, 6.07) is 16.2. The Morgan fingerprint density at radius 1 is 1.00 bits per heavy atom. The van der Waals surface area contributed by atoms with Gasteiger partial charge in [-0.2, -0.15) is 0 Å². The van der Waals surface area contributed by atoms with E-state index in [1.807, 2.05) is 38.1 Å². The van der Waals surface area contributed by atoms with Gasteiger partial charge in [0.15, 0.2) is 0 Å². The molecular weight excluding hydrogens is 324 g/mol. The molecule has 2 aromatic rings. The SMILES string of the molecule is CC(=O)C[C@@H]1CCC(c2ccc(C(=O)OC(C)C)cc2)c2ccccc21. The Bertz CT molecular complexity index is 789. The van der Waals surface area contributed by atoms with E-state index in [9.17, 15) is 9.59 Å². The van der Waals surface area contributed by atoms with Gasteiger partial charge in [0.2, 0.25) is 0 Å². The highest BCUT2D eigenvalue weighted by Crippen LogP contribution is 2.43. The quantitative estimate of drug-likeness (QED) is 0.693. The van der Waals surface area contributed by atoms with Crippen LogP contribution in [0.1, 0.15) is 78.9 Å². The molecule has 0 amide bonds. The minimum absolute atomic E-state index is 0.120. The first-order valence-corrected chi connectivity index (χ1v) is 9.35. The Kier molecular flexibility index (Phi) is 5.55. The zero-order chi connectivity index (χ0) is 18.7. The standard InChI is InChI=1S/C23H26O3/c1-15(2)26-23(25)18-10-8-17(9-11-18)21-13-12-19(14-16(3)24)20-6-4-5-7-22(20)21/h4-11,15,19,21H,12-14H2,1-3H3/t19-,21?/m0/s1. The second-order valence-electron chi connectivity index (χ2n) is 7.44. The summed E-state index contributed by atoms with van der Waals surface area (Å²) in [5.74, 6) is 0.596. The van der Waals surface area contributed by atoms with Crippen LogP contribution in [0.5, 0.6) is 0 Å². The van der Waals surface area contributed by atoms with Crippen molar-refractivity contribution in [3.8, 4) is 0 Å². The molecule has 0 N–H and O–H groups in total. The fraction of sp³-hybridized carbons (Fsp3) is 0.391. The number of carbonyl (C=O) groups excluding carboxylic acids is 2. The van der Waals surface area contributed by atoms with Crippen LogP contribution in [-0.2, 0) is 9.53 Å². The van der Waals surface area contributed by atoms with E-state index < -0.39 is 0 Å². The van der Waals surface area contributed by atoms with Crippen molar-refractivity contribution in [3.63, 3.8) is 0 Å². The van der Waals surface area contributed by atoms with E-state index in [1.54, 1.807) is 6.92 Å². The van der Waals surface area contributed by atoms with E-state index in [-0.39, 0.29) is 17.9 Å². The molecule has 0 radical (unpaired) electrons. The average Bonchev–Trinajstić information content (AvgIpc) is 2.61. The summed E-state index contributed by atoms with van der Waals surface area (Å²) in [6.45, 7) is 5.37. The van der Waals surface area contributed by atoms with Crippen molar-refractivity contribution in [2.75, 3.05) is 0 Å². The third kappa shape index (κ3) is 4.04. The van der Waals surface area contributed by atoms with Crippen LogP contribution < -0.4 is 0 Å². The lowest BCUT2D eigenvalue weighted by atomic mass is 9.72. The van der Waals surface area contributed by atoms with Gasteiger partial charge >= 0.3 is 5.97 Å². The van der Waals surface area contributed by atoms with E-state index in [0.717, 1.165) is 12.8 Å². The zero-order valence-electron chi connectivity index (χ0n) is 15.7. The van der Waals surface area contributed by atoms with Crippen LogP contribution in [0.4, 0.5) is 0 Å². The molecule has 1 aliphatic rings. The Balaban J connectivity index is 1.85. The van der Waals surface area contributed by atoms with Gasteiger partial charge in [-0.25, -0.2) is 4.79 Å². The molecule has 3 rings (SSSR count). The molecule has 3 heteroatoms. The number of hydrogen-bond acceptors (Lipinski definition) is 3. The van der Waals surface area contributed by atoms with Gasteiger partial charge in [-0.05, 0) is 68.4 Å². The van der Waals surface area contributed by atoms with Crippen molar-refractivity contribution in [1.29, 1.82) is 0 Å². The molecule has 0 heterocycles. The van der Waals surface area contributed by atoms with Gasteiger partial charge in [0.05, 0.1) is 11.7 Å². The van der Waals surface area contributed by atoms with Crippen molar-refractivity contribution in [3.05, 3.63) is 70.8 Å². The van der Waals surface area contributed by atoms with Crippen LogP contribution in [0.2, 0.25) is 0 Å². The molecule has 0 aliphatic heterocycles. The molecular formula is C23H26O3. The number of ether oxygens (including phenoxy) is 1. The maximum Gasteiger partial charge on any atom is 0.338 e. The van der Waals surface area contributed by atoms with Crippen LogP contribution in [0.25, 0.3) is 0 Å². The minimum atomic E-state index is -0.280. The average molecular weight is 350 g/mol. The fourth-order valence-electron chi connectivity index (χ4n) is 3.92. The number of benzene rings is 2. The van der Waals surface area contributed by atoms with Gasteiger partial charge in [0.1, 0.15) is 5.78 Å². The number of hydrogen-bond donors (Lipinski definition) is 0. The van der Waals surface area contributed by atoms with Crippen molar-refractivity contribution in [2.45, 2.75) is 58.0 Å². The summed E-state index contributed by atoms with van der Waals surface area (Å²) in [6.07, 6.45) is 2.53. The highest BCUT2D eigenvalue weighted by molar-refractivity contribution is 5.89. The third-order valence-corrected chi connectivity index (χ3v) is 5.04. The van der Waals surface area contributed by atoms with Crippen molar-refractivity contribution < 1.29 is 14.3 Å². The summed E-state index contributed by atoms with van der Waals surface area (Å²) in [4.78, 5) is 23.6. The van der Waals surface area contributed by atoms with Gasteiger partial charge in [0.25, 0.3) is 0 Å². The zero-order valence-corrected chi connectivity index (χ0v) is 15.7. The van der Waals surface area contributed by atoms with Crippen molar-refractivity contribution in [2.24, 2.45) is 0 Å². The van der Waals surface area contributed by atoms with Gasteiger partial charge < -0.3 is 9.53 Å². The molecule has 1 aliphatic carbocycles. The largest absolute Gasteiger partial charge is 0.459 e. The lowest BCUT2D eigenvalue weighted by Crippen LogP contribution is -2.17. The maximum atomic E-state index is 12.0. The Hall–Kier alpha value is -2.42. The number of esters is 1. The van der Waals surface area contributed by atoms with Crippen LogP contribution in [0.3, 0.4) is 0 Å². The van der Waals surface area contributed by atoms with E-state index in [2.05, 4.69) is 24.3 Å². The third-order valence-electron chi connectivity index (χ3n) is 5.04. The van der Waals surface area contributed by atoms with Gasteiger partial charge in [0, 0.05) is 12.3 Å². The van der Waals surface area contributed by atoms with Crippen molar-refractivity contribution >= 4 is 11.8 Å². The normalized spacial score (nSPS) is 19.1. The number of Topliss-reactive ketones (excluding diaryl/α,β-unsaturated/α-hetero) is 1. The Labute approximate surface area is 155 Å². The number of ketones is 1. The number of rotatable bonds is 5. The molecule has 26 heavy (non-hydrogen) atoms. The minimum Gasteiger partial charge on any atom is -0.459 e. The monoisotopic (exact) mass is 350 g/mol. The van der Waals surface area contributed by atoms with Gasteiger partial charge in [-0.15, -0.1) is 0 Å². The van der Waals surface area contributed by atoms with E-state index in [0.29, 0.717) is 23.8 Å². The van der Waals surface area contributed by atoms with Crippen LogP contribution in [-0.4, -0.2) is 17.9 Å². The van der Waals surface area contributed by atoms with Crippen molar-refractivity contribution in [1.82, 2.24) is 0 Å². The molecule has 2 aromatic carbocycles. The second-order valence-corrected chi connectivity index (χ2v) is 7.44. The smallest absolute Gasteiger partial charge is 0.338 e. The number of carbonyl (C=O) groups is 2. The summed E-state index contributed by atoms with van der Waals surface area (Å²) in [7, 11) is 0. The summed E-state index contributed by atoms with van der Waals surface area (Å²) < 4.78 is 5.26. The molecule has 2 atom stereocenters. The summed E-state index contributed by atoms with van der Waals surface area (Å²) >= 11 is 0. The molecule has 3 nitrogen and oxygen atoms in total. The van der Waals surface area contributed by atoms with Crippen LogP contribution in [0, 0.1) is 0 Å². The maximum absolute atomic E-state index is 12.0. The fourth-order valence-corrected chi connectivity index (χ4v) is 3.92. The second kappa shape index (κ2) is 7.86. The first kappa shape index (κ1) is 18.4. The molecule has 0 saturated carbocycles. The molecule has 0 saturated heterocycles. The predicted molar refractivity (Wildman–Crippen MR) is 103 cm³/mol. The highest BCUT2D eigenvalue weighted by Gasteiger charge is 2.28. The topological polar surface area (TPSA) is 43.4 Å². The van der Waals surface area contributed by atoms with Crippen LogP contribution >= 0.6 is 0 Å². The predicted octanol–water partition coefficient (Wildman–Crippen LogP) is 5.24. The Morgan fingerprint density at radius 2 is 1.65 bits per heavy atom. The van der Waals surface area contributed by atoms with E-state index in [4.69, 9.17) is 4.74 Å². The molecule has 136 valence electrons. The Morgan fingerprint density at radius 3 is 2.27 bits per heavy atom. The van der Waals surface area contributed by atoms with E-state index in [1.165, 1.54) is 16.7 Å². The lowest BCUT2D eigenvalue weighted by Gasteiger charge is -2.31. The first-order chi connectivity index (χ1) is 12.5. The van der Waals surface area contributed by atoms with E-state index >= 15 is 0 Å². The molecule has 1 unspecified atom stereocenters. The molecule has 0 spiro atoms. The lowest BCUT2D eigenvalue weighted by molar-refractivity contribution is -0.117. The highest BCUT2D eigenvalue weighted by atomic mass is 16.5. The summed E-state index contributed by atoms with van der Waals surface area (Å²) in [5.41, 5.74) is 4.39. The number of fused-ring (bicyclic) bond motifs is 1. The summed E-state index contributed by atoms with van der Waals surface area (Å²) in [5, 5.41) is 0. The van der Waals surface area contributed by atoms with Gasteiger partial charge in [-0.3, -0.25) is 0 Å². The van der Waals surface area contributed by atoms with Gasteiger partial charge in [-0.1, -0.05) is 36.4 Å². The molecule has 0 aromatic heterocycles. The first-order valence-electron chi connectivity index (χ1n) is 9.35.